The molecule has 4 rings (SSSR count). The van der Waals surface area contributed by atoms with Crippen molar-refractivity contribution in [3.05, 3.63) is 52.3 Å². The van der Waals surface area contributed by atoms with E-state index in [1.807, 2.05) is 13.0 Å². The van der Waals surface area contributed by atoms with Crippen LogP contribution in [0.1, 0.15) is 11.4 Å². The smallest absolute Gasteiger partial charge is 0.278 e. The fourth-order valence-corrected chi connectivity index (χ4v) is 6.01. The maximum Gasteiger partial charge on any atom is 0.278 e. The number of hydrogen-bond acceptors (Lipinski definition) is 6. The number of nitrogens with zero attached hydrogens (tertiary/aromatic N) is 5. The van der Waals surface area contributed by atoms with E-state index in [9.17, 15) is 13.2 Å². The maximum atomic E-state index is 13.6. The summed E-state index contributed by atoms with van der Waals surface area (Å²) in [7, 11) is -1.99. The van der Waals surface area contributed by atoms with Crippen molar-refractivity contribution in [3.63, 3.8) is 0 Å². The van der Waals surface area contributed by atoms with Gasteiger partial charge in [0.1, 0.15) is 17.5 Å². The highest BCUT2D eigenvalue weighted by Gasteiger charge is 2.27. The van der Waals surface area contributed by atoms with Gasteiger partial charge in [0.25, 0.3) is 5.56 Å². The van der Waals surface area contributed by atoms with Crippen molar-refractivity contribution in [2.45, 2.75) is 50.8 Å². The molecular weight excluding hydrogens is 484 g/mol. The summed E-state index contributed by atoms with van der Waals surface area (Å²) >= 11 is 0. The molecule has 0 fully saturated rings. The summed E-state index contributed by atoms with van der Waals surface area (Å²) in [5, 5.41) is 7.53. The predicted molar refractivity (Wildman–Crippen MR) is 139 cm³/mol. The molecule has 0 saturated carbocycles. The number of sulfonamides is 1. The van der Waals surface area contributed by atoms with Crippen LogP contribution in [-0.4, -0.2) is 58.8 Å². The van der Waals surface area contributed by atoms with Crippen LogP contribution >= 0.6 is 0 Å². The van der Waals surface area contributed by atoms with Crippen molar-refractivity contribution in [3.8, 4) is 0 Å². The lowest BCUT2D eigenvalue weighted by Crippen LogP contribution is -2.28. The molecule has 0 atom stereocenters. The molecule has 1 aromatic carbocycles. The van der Waals surface area contributed by atoms with Gasteiger partial charge in [-0.2, -0.15) is 9.40 Å². The van der Waals surface area contributed by atoms with Gasteiger partial charge in [0, 0.05) is 40.4 Å². The van der Waals surface area contributed by atoms with Crippen LogP contribution in [0.2, 0.25) is 25.7 Å². The molecule has 0 spiro atoms. The number of benzene rings is 1. The molecular formula is C23H32N6O4SSi. The minimum absolute atomic E-state index is 0.0267. The van der Waals surface area contributed by atoms with E-state index in [0.717, 1.165) is 17.0 Å². The third-order valence-electron chi connectivity index (χ3n) is 5.99. The number of H-pyrrole nitrogens is 1. The molecule has 188 valence electrons. The largest absolute Gasteiger partial charge is 0.361 e. The second kappa shape index (κ2) is 9.34. The van der Waals surface area contributed by atoms with Gasteiger partial charge in [-0.05, 0) is 36.7 Å². The van der Waals surface area contributed by atoms with Crippen LogP contribution in [-0.2, 0) is 35.1 Å². The Morgan fingerprint density at radius 2 is 1.97 bits per heavy atom. The van der Waals surface area contributed by atoms with Crippen LogP contribution in [0, 0.1) is 6.92 Å². The molecule has 1 N–H and O–H groups in total. The zero-order chi connectivity index (χ0) is 25.5. The number of imidazole rings is 1. The van der Waals surface area contributed by atoms with Gasteiger partial charge < -0.3 is 13.9 Å². The quantitative estimate of drug-likeness (QED) is 0.270. The number of pyridine rings is 1. The fourth-order valence-electron chi connectivity index (χ4n) is 3.88. The van der Waals surface area contributed by atoms with Gasteiger partial charge >= 0.3 is 0 Å². The van der Waals surface area contributed by atoms with Crippen LogP contribution in [0.5, 0.6) is 0 Å². The first-order valence-corrected chi connectivity index (χ1v) is 16.6. The number of rotatable bonds is 9. The molecule has 35 heavy (non-hydrogen) atoms. The molecule has 0 amide bonds. The zero-order valence-corrected chi connectivity index (χ0v) is 22.8. The Morgan fingerprint density at radius 3 is 2.69 bits per heavy atom. The minimum atomic E-state index is -3.88. The standard InChI is InChI=1S/C23H32N6O4SSi/c1-16-11-17-13-24-26-21(17)19(12-16)34(31,32)28(3)14-20-25-22-18(7-8-27(2)23(22)30)29(20)15-33-9-10-35(4,5)6/h7-8,11-13H,9-10,14-15H2,1-6H3,(H,24,26). The molecule has 3 aromatic heterocycles. The van der Waals surface area contributed by atoms with E-state index in [1.165, 1.54) is 15.9 Å². The first kappa shape index (κ1) is 25.3. The molecule has 0 saturated heterocycles. The van der Waals surface area contributed by atoms with Crippen molar-refractivity contribution in [2.24, 2.45) is 7.05 Å². The number of aryl methyl sites for hydroxylation is 2. The van der Waals surface area contributed by atoms with E-state index < -0.39 is 18.1 Å². The lowest BCUT2D eigenvalue weighted by molar-refractivity contribution is 0.0871. The van der Waals surface area contributed by atoms with E-state index in [4.69, 9.17) is 4.74 Å². The Balaban J connectivity index is 1.70. The third kappa shape index (κ3) is 5.10. The molecule has 10 nitrogen and oxygen atoms in total. The maximum absolute atomic E-state index is 13.6. The summed E-state index contributed by atoms with van der Waals surface area (Å²) in [6.07, 6.45) is 3.28. The molecule has 4 aromatic rings. The third-order valence-corrected chi connectivity index (χ3v) is 9.52. The van der Waals surface area contributed by atoms with Crippen LogP contribution in [0.25, 0.3) is 21.9 Å². The molecule has 0 unspecified atom stereocenters. The fraction of sp³-hybridized carbons (Fsp3) is 0.435. The zero-order valence-electron chi connectivity index (χ0n) is 21.0. The van der Waals surface area contributed by atoms with Gasteiger partial charge in [0.05, 0.1) is 23.8 Å². The van der Waals surface area contributed by atoms with Gasteiger partial charge in [-0.1, -0.05) is 19.6 Å². The molecule has 0 aliphatic rings. The average Bonchev–Trinajstić information content (AvgIpc) is 3.37. The SMILES string of the molecule is Cc1cc(S(=O)(=O)N(C)Cc2nc3c(=O)n(C)ccc3n2COCC[Si](C)(C)C)c2[nH]ncc2c1. The number of aromatic nitrogens is 5. The second-order valence-electron chi connectivity index (χ2n) is 10.1. The number of hydrogen-bond donors (Lipinski definition) is 1. The minimum Gasteiger partial charge on any atom is -0.361 e. The summed E-state index contributed by atoms with van der Waals surface area (Å²) in [6, 6.07) is 6.31. The summed E-state index contributed by atoms with van der Waals surface area (Å²) in [5.41, 5.74) is 1.94. The van der Waals surface area contributed by atoms with Crippen LogP contribution < -0.4 is 5.56 Å². The van der Waals surface area contributed by atoms with E-state index in [0.29, 0.717) is 23.5 Å². The highest BCUT2D eigenvalue weighted by molar-refractivity contribution is 7.89. The monoisotopic (exact) mass is 516 g/mol. The van der Waals surface area contributed by atoms with Crippen molar-refractivity contribution in [1.82, 2.24) is 28.6 Å². The van der Waals surface area contributed by atoms with Gasteiger partial charge in [0.2, 0.25) is 10.0 Å². The molecule has 0 aliphatic carbocycles. The van der Waals surface area contributed by atoms with Crippen LogP contribution in [0.3, 0.4) is 0 Å². The molecule has 0 radical (unpaired) electrons. The van der Waals surface area contributed by atoms with E-state index >= 15 is 0 Å². The lowest BCUT2D eigenvalue weighted by atomic mass is 10.2. The van der Waals surface area contributed by atoms with Gasteiger partial charge in [0.15, 0.2) is 5.52 Å². The molecule has 12 heteroatoms. The van der Waals surface area contributed by atoms with Gasteiger partial charge in [-0.15, -0.1) is 0 Å². The van der Waals surface area contributed by atoms with Crippen molar-refractivity contribution in [2.75, 3.05) is 13.7 Å². The number of nitrogens with one attached hydrogen (secondary N) is 1. The lowest BCUT2D eigenvalue weighted by Gasteiger charge is -2.19. The average molecular weight is 517 g/mol. The van der Waals surface area contributed by atoms with Gasteiger partial charge in [-0.25, -0.2) is 13.4 Å². The van der Waals surface area contributed by atoms with Crippen molar-refractivity contribution in [1.29, 1.82) is 0 Å². The van der Waals surface area contributed by atoms with E-state index in [1.54, 1.807) is 36.1 Å². The Labute approximate surface area is 205 Å². The second-order valence-corrected chi connectivity index (χ2v) is 17.8. The molecule has 0 aliphatic heterocycles. The van der Waals surface area contributed by atoms with E-state index in [-0.39, 0.29) is 29.2 Å². The van der Waals surface area contributed by atoms with E-state index in [2.05, 4.69) is 34.8 Å². The predicted octanol–water partition coefficient (Wildman–Crippen LogP) is 3.05. The van der Waals surface area contributed by atoms with Crippen LogP contribution in [0.15, 0.2) is 40.3 Å². The summed E-state index contributed by atoms with van der Waals surface area (Å²) < 4.78 is 37.6. The highest BCUT2D eigenvalue weighted by atomic mass is 32.2. The Hall–Kier alpha value is -2.80. The Kier molecular flexibility index (Phi) is 6.75. The summed E-state index contributed by atoms with van der Waals surface area (Å²) in [4.78, 5) is 17.4. The van der Waals surface area contributed by atoms with Crippen molar-refractivity contribution < 1.29 is 13.2 Å². The first-order valence-electron chi connectivity index (χ1n) is 11.4. The molecule has 0 bridgehead atoms. The summed E-state index contributed by atoms with van der Waals surface area (Å²) in [5.74, 6) is 0.441. The Bertz CT molecular complexity index is 1550. The van der Waals surface area contributed by atoms with Crippen molar-refractivity contribution >= 4 is 40.0 Å². The highest BCUT2D eigenvalue weighted by Crippen LogP contribution is 2.26. The number of ether oxygens (including phenoxy) is 1. The number of fused-ring (bicyclic) bond motifs is 2. The topological polar surface area (TPSA) is 115 Å². The number of aromatic amines is 1. The van der Waals surface area contributed by atoms with Gasteiger partial charge in [-0.3, -0.25) is 9.89 Å². The first-order chi connectivity index (χ1) is 16.4. The summed E-state index contributed by atoms with van der Waals surface area (Å²) in [6.45, 7) is 9.43. The Morgan fingerprint density at radius 1 is 1.23 bits per heavy atom. The molecule has 3 heterocycles. The van der Waals surface area contributed by atoms with Crippen LogP contribution in [0.4, 0.5) is 0 Å². The normalized spacial score (nSPS) is 12.9.